The van der Waals surface area contributed by atoms with E-state index in [1.54, 1.807) is 0 Å². The summed E-state index contributed by atoms with van der Waals surface area (Å²) in [6.45, 7) is 0.926. The molecule has 0 aromatic carbocycles. The van der Waals surface area contributed by atoms with Gasteiger partial charge in [-0.1, -0.05) is 0 Å². The van der Waals surface area contributed by atoms with Gasteiger partial charge in [-0.25, -0.2) is 0 Å². The summed E-state index contributed by atoms with van der Waals surface area (Å²) < 4.78 is 0. The molecule has 0 spiro atoms. The number of carboxylic acid groups (broad SMARTS) is 2. The Hall–Kier alpha value is -1.67. The third-order valence-corrected chi connectivity index (χ3v) is 1.91. The summed E-state index contributed by atoms with van der Waals surface area (Å²) in [6.07, 6.45) is -1.08. The number of aliphatic carboxylic acids is 2. The lowest BCUT2D eigenvalue weighted by molar-refractivity contribution is -0.142. The number of carboxylic acids is 2. The standard InChI is InChI=1S/C9H16N2O6/c1-9(17,3-7(14)15)4-11-8(16)5(10)2-6(12)13/h5,17H,2-4,10H2,1H3,(H,11,16)(H,12,13)(H,14,15). The molecule has 0 rings (SSSR count). The number of aliphatic hydroxyl groups is 1. The predicted octanol–water partition coefficient (Wildman–Crippen LogP) is -1.87. The lowest BCUT2D eigenvalue weighted by Crippen LogP contribution is -2.48. The van der Waals surface area contributed by atoms with E-state index in [9.17, 15) is 19.5 Å². The minimum absolute atomic E-state index is 0.314. The van der Waals surface area contributed by atoms with Gasteiger partial charge in [0.2, 0.25) is 5.91 Å². The van der Waals surface area contributed by atoms with Gasteiger partial charge in [-0.05, 0) is 6.92 Å². The van der Waals surface area contributed by atoms with E-state index in [0.717, 1.165) is 0 Å². The first-order valence-corrected chi connectivity index (χ1v) is 4.83. The van der Waals surface area contributed by atoms with Crippen molar-refractivity contribution >= 4 is 17.8 Å². The molecular weight excluding hydrogens is 232 g/mol. The second-order valence-corrected chi connectivity index (χ2v) is 3.99. The molecule has 0 aromatic rings. The second kappa shape index (κ2) is 6.16. The van der Waals surface area contributed by atoms with Gasteiger partial charge in [0.1, 0.15) is 0 Å². The number of carbonyl (C=O) groups excluding carboxylic acids is 1. The van der Waals surface area contributed by atoms with Gasteiger partial charge in [0.05, 0.1) is 24.5 Å². The van der Waals surface area contributed by atoms with Gasteiger partial charge in [-0.2, -0.15) is 0 Å². The molecule has 0 fully saturated rings. The molecule has 6 N–H and O–H groups in total. The monoisotopic (exact) mass is 248 g/mol. The average Bonchev–Trinajstić information content (AvgIpc) is 2.11. The van der Waals surface area contributed by atoms with Crippen LogP contribution in [0.3, 0.4) is 0 Å². The Bertz CT molecular complexity index is 315. The number of nitrogens with one attached hydrogen (secondary N) is 1. The maximum atomic E-state index is 11.3. The molecule has 2 unspecified atom stereocenters. The van der Waals surface area contributed by atoms with Crippen LogP contribution >= 0.6 is 0 Å². The predicted molar refractivity (Wildman–Crippen MR) is 56.1 cm³/mol. The highest BCUT2D eigenvalue weighted by Crippen LogP contribution is 2.07. The van der Waals surface area contributed by atoms with E-state index in [1.165, 1.54) is 6.92 Å². The zero-order valence-electron chi connectivity index (χ0n) is 9.34. The summed E-state index contributed by atoms with van der Waals surface area (Å²) in [4.78, 5) is 31.9. The van der Waals surface area contributed by atoms with Crippen LogP contribution in [0.5, 0.6) is 0 Å². The Morgan fingerprint density at radius 1 is 1.29 bits per heavy atom. The van der Waals surface area contributed by atoms with Crippen molar-refractivity contribution in [3.63, 3.8) is 0 Å². The molecule has 98 valence electrons. The molecule has 17 heavy (non-hydrogen) atoms. The minimum atomic E-state index is -1.61. The van der Waals surface area contributed by atoms with Gasteiger partial charge in [0, 0.05) is 6.54 Å². The Labute approximate surface area is 97.4 Å². The Balaban J connectivity index is 4.14. The summed E-state index contributed by atoms with van der Waals surface area (Å²) in [6, 6.07) is -1.23. The van der Waals surface area contributed by atoms with Crippen LogP contribution in [0.4, 0.5) is 0 Å². The quantitative estimate of drug-likeness (QED) is 0.354. The van der Waals surface area contributed by atoms with Gasteiger partial charge in [0.25, 0.3) is 0 Å². The Kier molecular flexibility index (Phi) is 5.56. The van der Waals surface area contributed by atoms with Crippen molar-refractivity contribution in [2.75, 3.05) is 6.54 Å². The normalized spacial score (nSPS) is 15.7. The summed E-state index contributed by atoms with van der Waals surface area (Å²) >= 11 is 0. The molecule has 0 aliphatic rings. The highest BCUT2D eigenvalue weighted by Gasteiger charge is 2.26. The molecule has 0 radical (unpaired) electrons. The van der Waals surface area contributed by atoms with Crippen LogP contribution in [-0.2, 0) is 14.4 Å². The van der Waals surface area contributed by atoms with E-state index in [1.807, 2.05) is 0 Å². The lowest BCUT2D eigenvalue weighted by Gasteiger charge is -2.22. The second-order valence-electron chi connectivity index (χ2n) is 3.99. The fraction of sp³-hybridized carbons (Fsp3) is 0.667. The van der Waals surface area contributed by atoms with Gasteiger partial charge in [0.15, 0.2) is 0 Å². The molecule has 0 aliphatic heterocycles. The molecule has 0 bridgehead atoms. The van der Waals surface area contributed by atoms with Crippen molar-refractivity contribution < 1.29 is 29.7 Å². The van der Waals surface area contributed by atoms with Crippen LogP contribution in [0, 0.1) is 0 Å². The molecule has 0 saturated heterocycles. The van der Waals surface area contributed by atoms with Crippen LogP contribution in [0.2, 0.25) is 0 Å². The van der Waals surface area contributed by atoms with E-state index in [2.05, 4.69) is 5.32 Å². The SMILES string of the molecule is CC(O)(CNC(=O)C(N)CC(=O)O)CC(=O)O. The van der Waals surface area contributed by atoms with Crippen molar-refractivity contribution in [2.24, 2.45) is 5.73 Å². The molecule has 0 aliphatic carbocycles. The van der Waals surface area contributed by atoms with Crippen LogP contribution in [0.1, 0.15) is 19.8 Å². The number of hydrogen-bond donors (Lipinski definition) is 5. The highest BCUT2D eigenvalue weighted by atomic mass is 16.4. The highest BCUT2D eigenvalue weighted by molar-refractivity contribution is 5.85. The smallest absolute Gasteiger partial charge is 0.306 e. The fourth-order valence-electron chi connectivity index (χ4n) is 1.08. The number of amides is 1. The molecular formula is C9H16N2O6. The largest absolute Gasteiger partial charge is 0.481 e. The maximum Gasteiger partial charge on any atom is 0.306 e. The van der Waals surface area contributed by atoms with Gasteiger partial charge >= 0.3 is 11.9 Å². The number of nitrogens with two attached hydrogens (primary N) is 1. The number of rotatable bonds is 7. The van der Waals surface area contributed by atoms with E-state index in [0.29, 0.717) is 0 Å². The molecule has 8 nitrogen and oxygen atoms in total. The number of carbonyl (C=O) groups is 3. The first-order chi connectivity index (χ1) is 7.64. The molecule has 1 amide bonds. The van der Waals surface area contributed by atoms with Crippen molar-refractivity contribution in [2.45, 2.75) is 31.4 Å². The zero-order chi connectivity index (χ0) is 13.6. The van der Waals surface area contributed by atoms with Crippen LogP contribution in [-0.4, -0.2) is 51.4 Å². The van der Waals surface area contributed by atoms with E-state index < -0.39 is 42.3 Å². The first kappa shape index (κ1) is 15.3. The van der Waals surface area contributed by atoms with Gasteiger partial charge in [-0.3, -0.25) is 14.4 Å². The average molecular weight is 248 g/mol. The minimum Gasteiger partial charge on any atom is -0.481 e. The molecule has 2 atom stereocenters. The van der Waals surface area contributed by atoms with Crippen molar-refractivity contribution in [1.82, 2.24) is 5.32 Å². The van der Waals surface area contributed by atoms with E-state index in [-0.39, 0.29) is 6.54 Å². The molecule has 0 aromatic heterocycles. The van der Waals surface area contributed by atoms with E-state index in [4.69, 9.17) is 15.9 Å². The van der Waals surface area contributed by atoms with Crippen LogP contribution < -0.4 is 11.1 Å². The molecule has 0 heterocycles. The summed E-state index contributed by atoms with van der Waals surface area (Å²) in [5.41, 5.74) is 3.65. The van der Waals surface area contributed by atoms with Crippen molar-refractivity contribution in [1.29, 1.82) is 0 Å². The maximum absolute atomic E-state index is 11.3. The van der Waals surface area contributed by atoms with E-state index >= 15 is 0 Å². The zero-order valence-corrected chi connectivity index (χ0v) is 9.34. The topological polar surface area (TPSA) is 150 Å². The molecule has 8 heteroatoms. The van der Waals surface area contributed by atoms with Crippen LogP contribution in [0.15, 0.2) is 0 Å². The Morgan fingerprint density at radius 2 is 1.82 bits per heavy atom. The third-order valence-electron chi connectivity index (χ3n) is 1.91. The fourth-order valence-corrected chi connectivity index (χ4v) is 1.08. The van der Waals surface area contributed by atoms with Crippen LogP contribution in [0.25, 0.3) is 0 Å². The van der Waals surface area contributed by atoms with Crippen molar-refractivity contribution in [3.05, 3.63) is 0 Å². The lowest BCUT2D eigenvalue weighted by atomic mass is 10.0. The van der Waals surface area contributed by atoms with Gasteiger partial charge in [-0.15, -0.1) is 0 Å². The third kappa shape index (κ3) is 7.25. The molecule has 0 saturated carbocycles. The summed E-state index contributed by atoms with van der Waals surface area (Å²) in [5.74, 6) is -3.18. The first-order valence-electron chi connectivity index (χ1n) is 4.83. The summed E-state index contributed by atoms with van der Waals surface area (Å²) in [7, 11) is 0. The number of hydrogen-bond acceptors (Lipinski definition) is 5. The summed E-state index contributed by atoms with van der Waals surface area (Å²) in [5, 5.41) is 28.6. The van der Waals surface area contributed by atoms with Crippen molar-refractivity contribution in [3.8, 4) is 0 Å². The Morgan fingerprint density at radius 3 is 2.24 bits per heavy atom. The van der Waals surface area contributed by atoms with Gasteiger partial charge < -0.3 is 26.4 Å².